The summed E-state index contributed by atoms with van der Waals surface area (Å²) in [7, 11) is 1.84. The second-order valence-corrected chi connectivity index (χ2v) is 4.49. The Balaban J connectivity index is 2.55. The van der Waals surface area contributed by atoms with Crippen molar-refractivity contribution in [2.45, 2.75) is 20.8 Å². The van der Waals surface area contributed by atoms with Gasteiger partial charge in [0.25, 0.3) is 0 Å². The molecule has 0 aromatic carbocycles. The summed E-state index contributed by atoms with van der Waals surface area (Å²) in [5.41, 5.74) is 2.00. The minimum absolute atomic E-state index is 0.567. The molecule has 0 spiro atoms. The molecule has 0 aliphatic rings. The molecule has 2 rings (SSSR count). The lowest BCUT2D eigenvalue weighted by Crippen LogP contribution is -2.07. The largest absolute Gasteiger partial charge is 0.370 e. The average molecular weight is 266 g/mol. The highest BCUT2D eigenvalue weighted by Gasteiger charge is 2.14. The van der Waals surface area contributed by atoms with Gasteiger partial charge in [-0.05, 0) is 20.8 Å². The molecule has 0 unspecified atom stereocenters. The van der Waals surface area contributed by atoms with Crippen molar-refractivity contribution in [1.29, 1.82) is 0 Å². The molecule has 1 N–H and O–H groups in total. The van der Waals surface area contributed by atoms with Gasteiger partial charge in [0.15, 0.2) is 11.6 Å². The monoisotopic (exact) mass is 265 g/mol. The Morgan fingerprint density at radius 3 is 2.61 bits per heavy atom. The van der Waals surface area contributed by atoms with Gasteiger partial charge in [-0.3, -0.25) is 0 Å². The van der Waals surface area contributed by atoms with E-state index < -0.39 is 0 Å². The number of hydrogen-bond acceptors (Lipinski definition) is 4. The van der Waals surface area contributed by atoms with Crippen molar-refractivity contribution in [3.63, 3.8) is 0 Å². The minimum atomic E-state index is 0.567. The van der Waals surface area contributed by atoms with Gasteiger partial charge in [-0.2, -0.15) is 0 Å². The van der Waals surface area contributed by atoms with Crippen LogP contribution < -0.4 is 5.32 Å². The number of nitrogens with one attached hydrogen (secondary N) is 1. The second-order valence-electron chi connectivity index (χ2n) is 4.10. The molecule has 5 nitrogen and oxygen atoms in total. The van der Waals surface area contributed by atoms with Crippen LogP contribution in [0, 0.1) is 13.8 Å². The van der Waals surface area contributed by atoms with Crippen molar-refractivity contribution < 1.29 is 0 Å². The zero-order chi connectivity index (χ0) is 13.3. The van der Waals surface area contributed by atoms with E-state index in [1.54, 1.807) is 10.8 Å². The lowest BCUT2D eigenvalue weighted by Gasteiger charge is -2.10. The normalized spacial score (nSPS) is 10.7. The first-order valence-corrected chi connectivity index (χ1v) is 6.19. The maximum Gasteiger partial charge on any atom is 0.198 e. The number of nitrogens with zero attached hydrogens (tertiary/aromatic N) is 4. The second kappa shape index (κ2) is 4.94. The van der Waals surface area contributed by atoms with Crippen molar-refractivity contribution in [2.24, 2.45) is 7.05 Å². The SMILES string of the molecule is CCNc1nc(-c2ncc(Cl)n2C)nc(C)c1C. The van der Waals surface area contributed by atoms with Crippen LogP contribution in [0.15, 0.2) is 6.20 Å². The van der Waals surface area contributed by atoms with Crippen LogP contribution in [0.25, 0.3) is 11.6 Å². The van der Waals surface area contributed by atoms with E-state index in [1.165, 1.54) is 0 Å². The molecule has 0 aliphatic heterocycles. The summed E-state index contributed by atoms with van der Waals surface area (Å²) in [6, 6.07) is 0. The van der Waals surface area contributed by atoms with Gasteiger partial charge >= 0.3 is 0 Å². The van der Waals surface area contributed by atoms with Crippen LogP contribution in [0.3, 0.4) is 0 Å². The third-order valence-electron chi connectivity index (χ3n) is 2.86. The van der Waals surface area contributed by atoms with E-state index in [9.17, 15) is 0 Å². The molecule has 0 amide bonds. The molecule has 2 aromatic rings. The minimum Gasteiger partial charge on any atom is -0.370 e. The maximum atomic E-state index is 5.98. The van der Waals surface area contributed by atoms with Crippen LogP contribution in [0.5, 0.6) is 0 Å². The van der Waals surface area contributed by atoms with Gasteiger partial charge in [-0.15, -0.1) is 0 Å². The van der Waals surface area contributed by atoms with Crippen molar-refractivity contribution in [3.8, 4) is 11.6 Å². The Labute approximate surface area is 111 Å². The summed E-state index contributed by atoms with van der Waals surface area (Å²) in [6.07, 6.45) is 1.60. The highest BCUT2D eigenvalue weighted by molar-refractivity contribution is 6.29. The topological polar surface area (TPSA) is 55.6 Å². The highest BCUT2D eigenvalue weighted by atomic mass is 35.5. The molecule has 0 radical (unpaired) electrons. The van der Waals surface area contributed by atoms with Gasteiger partial charge in [0.05, 0.1) is 6.20 Å². The van der Waals surface area contributed by atoms with E-state index in [1.807, 2.05) is 27.8 Å². The summed E-state index contributed by atoms with van der Waals surface area (Å²) < 4.78 is 1.77. The molecular formula is C12H16ClN5. The maximum absolute atomic E-state index is 5.98. The van der Waals surface area contributed by atoms with Crippen LogP contribution in [-0.4, -0.2) is 26.1 Å². The van der Waals surface area contributed by atoms with Gasteiger partial charge in [-0.25, -0.2) is 15.0 Å². The number of imidazole rings is 1. The van der Waals surface area contributed by atoms with Gasteiger partial charge < -0.3 is 9.88 Å². The predicted molar refractivity (Wildman–Crippen MR) is 72.9 cm³/mol. The third kappa shape index (κ3) is 2.18. The van der Waals surface area contributed by atoms with Crippen molar-refractivity contribution in [1.82, 2.24) is 19.5 Å². The van der Waals surface area contributed by atoms with E-state index in [-0.39, 0.29) is 0 Å². The van der Waals surface area contributed by atoms with Gasteiger partial charge in [0.1, 0.15) is 11.0 Å². The van der Waals surface area contributed by atoms with E-state index in [0.717, 1.165) is 23.6 Å². The molecule has 2 heterocycles. The fraction of sp³-hybridized carbons (Fsp3) is 0.417. The number of aromatic nitrogens is 4. The molecule has 0 saturated carbocycles. The quantitative estimate of drug-likeness (QED) is 0.927. The Hall–Kier alpha value is -1.62. The first-order valence-electron chi connectivity index (χ1n) is 5.81. The zero-order valence-electron chi connectivity index (χ0n) is 11.0. The lowest BCUT2D eigenvalue weighted by molar-refractivity contribution is 0.900. The number of aryl methyl sites for hydroxylation is 1. The van der Waals surface area contributed by atoms with E-state index >= 15 is 0 Å². The fourth-order valence-corrected chi connectivity index (χ4v) is 1.79. The molecule has 0 bridgehead atoms. The van der Waals surface area contributed by atoms with Crippen LogP contribution in [-0.2, 0) is 7.05 Å². The number of rotatable bonds is 3. The Morgan fingerprint density at radius 1 is 1.33 bits per heavy atom. The third-order valence-corrected chi connectivity index (χ3v) is 3.22. The molecule has 6 heteroatoms. The summed E-state index contributed by atoms with van der Waals surface area (Å²) >= 11 is 5.98. The summed E-state index contributed by atoms with van der Waals surface area (Å²) in [6.45, 7) is 6.82. The number of anilines is 1. The summed E-state index contributed by atoms with van der Waals surface area (Å²) in [5, 5.41) is 3.80. The first-order chi connectivity index (χ1) is 8.54. The summed E-state index contributed by atoms with van der Waals surface area (Å²) in [4.78, 5) is 13.2. The van der Waals surface area contributed by atoms with Crippen LogP contribution in [0.1, 0.15) is 18.2 Å². The Bertz CT molecular complexity index is 576. The molecule has 0 saturated heterocycles. The van der Waals surface area contributed by atoms with Gasteiger partial charge in [0.2, 0.25) is 0 Å². The number of halogens is 1. The Morgan fingerprint density at radius 2 is 2.06 bits per heavy atom. The van der Waals surface area contributed by atoms with E-state index in [4.69, 9.17) is 11.6 Å². The molecule has 2 aromatic heterocycles. The van der Waals surface area contributed by atoms with Crippen molar-refractivity contribution in [2.75, 3.05) is 11.9 Å². The van der Waals surface area contributed by atoms with Crippen molar-refractivity contribution in [3.05, 3.63) is 22.6 Å². The molecule has 0 aliphatic carbocycles. The molecule has 0 fully saturated rings. The van der Waals surface area contributed by atoms with Crippen LogP contribution in [0.4, 0.5) is 5.82 Å². The van der Waals surface area contributed by atoms with Crippen LogP contribution >= 0.6 is 11.6 Å². The predicted octanol–water partition coefficient (Wildman–Crippen LogP) is 2.58. The molecule has 96 valence electrons. The Kier molecular flexibility index (Phi) is 3.52. The molecule has 18 heavy (non-hydrogen) atoms. The van der Waals surface area contributed by atoms with E-state index in [0.29, 0.717) is 16.8 Å². The van der Waals surface area contributed by atoms with Gasteiger partial charge in [-0.1, -0.05) is 11.6 Å². The molecule has 0 atom stereocenters. The summed E-state index contributed by atoms with van der Waals surface area (Å²) in [5.74, 6) is 2.10. The van der Waals surface area contributed by atoms with Gasteiger partial charge in [0, 0.05) is 24.8 Å². The van der Waals surface area contributed by atoms with Crippen LogP contribution in [0.2, 0.25) is 5.15 Å². The zero-order valence-corrected chi connectivity index (χ0v) is 11.7. The van der Waals surface area contributed by atoms with Crippen molar-refractivity contribution >= 4 is 17.4 Å². The smallest absolute Gasteiger partial charge is 0.198 e. The standard InChI is InChI=1S/C12H16ClN5/c1-5-14-10-7(2)8(3)16-11(17-10)12-15-6-9(13)18(12)4/h6H,5H2,1-4H3,(H,14,16,17). The highest BCUT2D eigenvalue weighted by Crippen LogP contribution is 2.22. The average Bonchev–Trinajstić information content (AvgIpc) is 2.66. The fourth-order valence-electron chi connectivity index (χ4n) is 1.66. The van der Waals surface area contributed by atoms with E-state index in [2.05, 4.69) is 20.3 Å². The molecular weight excluding hydrogens is 250 g/mol. The lowest BCUT2D eigenvalue weighted by atomic mass is 10.2. The number of hydrogen-bond donors (Lipinski definition) is 1. The first kappa shape index (κ1) is 12.8.